The Morgan fingerprint density at radius 1 is 0.889 bits per heavy atom. The maximum atomic E-state index is 14.8. The number of amides is 3. The second-order valence-electron chi connectivity index (χ2n) is 12.5. The molecule has 0 bridgehead atoms. The highest BCUT2D eigenvalue weighted by Gasteiger charge is 2.76. The molecule has 4 heterocycles. The van der Waals surface area contributed by atoms with Gasteiger partial charge in [-0.05, 0) is 67.8 Å². The van der Waals surface area contributed by atoms with Crippen LogP contribution in [-0.4, -0.2) is 77.3 Å². The van der Waals surface area contributed by atoms with Gasteiger partial charge in [0.25, 0.3) is 5.91 Å². The fourth-order valence-corrected chi connectivity index (χ4v) is 7.78. The van der Waals surface area contributed by atoms with Crippen LogP contribution >= 0.6 is 11.6 Å². The Balaban J connectivity index is 1.49. The van der Waals surface area contributed by atoms with Crippen molar-refractivity contribution in [3.05, 3.63) is 77.9 Å². The van der Waals surface area contributed by atoms with Crippen LogP contribution in [0.1, 0.15) is 34.1 Å². The van der Waals surface area contributed by atoms with Crippen molar-refractivity contribution in [1.82, 2.24) is 4.90 Å². The van der Waals surface area contributed by atoms with Crippen molar-refractivity contribution in [1.29, 1.82) is 0 Å². The molecular formula is C35H40ClN3O6. The summed E-state index contributed by atoms with van der Waals surface area (Å²) in [4.78, 5) is 49.1. The number of ether oxygens (including phenoxy) is 2. The van der Waals surface area contributed by atoms with Crippen molar-refractivity contribution < 1.29 is 29.0 Å². The highest BCUT2D eigenvalue weighted by Crippen LogP contribution is 2.59. The van der Waals surface area contributed by atoms with Crippen molar-refractivity contribution in [2.24, 2.45) is 17.8 Å². The van der Waals surface area contributed by atoms with Gasteiger partial charge in [0.15, 0.2) is 0 Å². The molecule has 2 aromatic rings. The number of carbonyl (C=O) groups excluding carboxylic acids is 3. The van der Waals surface area contributed by atoms with Gasteiger partial charge in [0.05, 0.1) is 36.7 Å². The molecule has 238 valence electrons. The van der Waals surface area contributed by atoms with Crippen LogP contribution in [-0.2, 0) is 19.1 Å². The number of benzene rings is 2. The first-order chi connectivity index (χ1) is 21.6. The highest BCUT2D eigenvalue weighted by molar-refractivity contribution is 6.30. The lowest BCUT2D eigenvalue weighted by molar-refractivity contribution is -0.150. The molecule has 6 atom stereocenters. The van der Waals surface area contributed by atoms with Gasteiger partial charge in [0, 0.05) is 29.5 Å². The van der Waals surface area contributed by atoms with E-state index in [0.29, 0.717) is 41.7 Å². The van der Waals surface area contributed by atoms with Crippen LogP contribution < -0.4 is 14.5 Å². The van der Waals surface area contributed by atoms with Gasteiger partial charge in [0.2, 0.25) is 11.8 Å². The second kappa shape index (κ2) is 11.9. The third-order valence-corrected chi connectivity index (χ3v) is 10.0. The summed E-state index contributed by atoms with van der Waals surface area (Å²) in [5.74, 6) is -2.30. The van der Waals surface area contributed by atoms with Gasteiger partial charge >= 0.3 is 0 Å². The standard InChI is InChI=1S/C35H40ClN3O6/c1-5-34-17-7-19-37(25-13-15-26(16-14-25)44-6-2)31(41)28(34)29-32(42)39(27(21-40)22(3)4)30-33(43)38(20-8-18-35(29,30)45-34)24-11-9-23(36)10-12-24/h7-18,22,27-30,40H,5-6,19-21H2,1-4H3/t27-,28-,29-,30?,34+,35-/m0/s1. The lowest BCUT2D eigenvalue weighted by Gasteiger charge is -2.41. The van der Waals surface area contributed by atoms with Gasteiger partial charge in [-0.15, -0.1) is 0 Å². The summed E-state index contributed by atoms with van der Waals surface area (Å²) < 4.78 is 12.7. The van der Waals surface area contributed by atoms with Crippen LogP contribution in [0.2, 0.25) is 5.02 Å². The van der Waals surface area contributed by atoms with E-state index >= 15 is 0 Å². The van der Waals surface area contributed by atoms with E-state index in [2.05, 4.69) is 0 Å². The van der Waals surface area contributed by atoms with E-state index in [1.54, 1.807) is 34.1 Å². The van der Waals surface area contributed by atoms with Gasteiger partial charge in [-0.3, -0.25) is 14.4 Å². The van der Waals surface area contributed by atoms with E-state index in [-0.39, 0.29) is 36.8 Å². The number of halogens is 1. The first-order valence-electron chi connectivity index (χ1n) is 15.7. The molecule has 1 spiro atoms. The SMILES string of the molecule is CCOc1ccc(N2CC=C[C@@]3(CC)O[C@]45C=CCN(c6ccc(Cl)cc6)C(=O)C4N([C@@H](CO)C(C)C)C(=O)[C@@H]5[C@H]3C2=O)cc1. The zero-order valence-corrected chi connectivity index (χ0v) is 26.8. The molecule has 2 saturated heterocycles. The molecule has 45 heavy (non-hydrogen) atoms. The summed E-state index contributed by atoms with van der Waals surface area (Å²) in [5, 5.41) is 11.1. The minimum absolute atomic E-state index is 0.167. The van der Waals surface area contributed by atoms with Crippen LogP contribution in [0.25, 0.3) is 0 Å². The van der Waals surface area contributed by atoms with E-state index in [9.17, 15) is 19.5 Å². The lowest BCUT2D eigenvalue weighted by atomic mass is 9.73. The van der Waals surface area contributed by atoms with Crippen LogP contribution in [0, 0.1) is 17.8 Å². The molecule has 4 aliphatic heterocycles. The van der Waals surface area contributed by atoms with Crippen molar-refractivity contribution in [3.8, 4) is 5.75 Å². The number of hydrogen-bond acceptors (Lipinski definition) is 6. The maximum absolute atomic E-state index is 14.8. The Kier molecular flexibility index (Phi) is 8.31. The molecular weight excluding hydrogens is 594 g/mol. The number of fused-ring (bicyclic) bond motifs is 2. The van der Waals surface area contributed by atoms with Gasteiger partial charge in [0.1, 0.15) is 17.4 Å². The van der Waals surface area contributed by atoms with Gasteiger partial charge in [-0.2, -0.15) is 0 Å². The highest BCUT2D eigenvalue weighted by atomic mass is 35.5. The van der Waals surface area contributed by atoms with E-state index in [1.807, 2.05) is 76.3 Å². The van der Waals surface area contributed by atoms with Crippen molar-refractivity contribution in [2.75, 3.05) is 36.1 Å². The average molecular weight is 634 g/mol. The average Bonchev–Trinajstić information content (AvgIpc) is 3.31. The Morgan fingerprint density at radius 2 is 1.49 bits per heavy atom. The van der Waals surface area contributed by atoms with Crippen LogP contribution in [0.15, 0.2) is 72.8 Å². The molecule has 10 heteroatoms. The summed E-state index contributed by atoms with van der Waals surface area (Å²) in [7, 11) is 0. The molecule has 3 amide bonds. The molecule has 4 aliphatic rings. The zero-order chi connectivity index (χ0) is 32.1. The summed E-state index contributed by atoms with van der Waals surface area (Å²) in [6.45, 7) is 8.41. The smallest absolute Gasteiger partial charge is 0.253 e. The fourth-order valence-electron chi connectivity index (χ4n) is 7.65. The molecule has 0 aliphatic carbocycles. The number of anilines is 2. The van der Waals surface area contributed by atoms with Gasteiger partial charge in [-0.25, -0.2) is 0 Å². The van der Waals surface area contributed by atoms with Crippen LogP contribution in [0.4, 0.5) is 11.4 Å². The normalized spacial score (nSPS) is 29.9. The molecule has 1 N–H and O–H groups in total. The number of nitrogens with zero attached hydrogens (tertiary/aromatic N) is 3. The third kappa shape index (κ3) is 4.87. The summed E-state index contributed by atoms with van der Waals surface area (Å²) in [5.41, 5.74) is -1.24. The molecule has 0 saturated carbocycles. The molecule has 0 aromatic heterocycles. The minimum atomic E-state index is -1.43. The predicted octanol–water partition coefficient (Wildman–Crippen LogP) is 4.62. The zero-order valence-electron chi connectivity index (χ0n) is 26.1. The summed E-state index contributed by atoms with van der Waals surface area (Å²) in [6.07, 6.45) is 7.94. The molecule has 6 rings (SSSR count). The third-order valence-electron chi connectivity index (χ3n) is 9.79. The van der Waals surface area contributed by atoms with Crippen molar-refractivity contribution >= 4 is 40.7 Å². The number of hydrogen-bond donors (Lipinski definition) is 1. The fraction of sp³-hybridized carbons (Fsp3) is 0.457. The number of carbonyl (C=O) groups is 3. The van der Waals surface area contributed by atoms with E-state index in [1.165, 1.54) is 4.90 Å². The second-order valence-corrected chi connectivity index (χ2v) is 12.9. The Bertz CT molecular complexity index is 1520. The largest absolute Gasteiger partial charge is 0.494 e. The summed E-state index contributed by atoms with van der Waals surface area (Å²) in [6, 6.07) is 12.5. The van der Waals surface area contributed by atoms with Gasteiger partial charge in [-0.1, -0.05) is 56.7 Å². The summed E-state index contributed by atoms with van der Waals surface area (Å²) >= 11 is 6.16. The van der Waals surface area contributed by atoms with E-state index < -0.39 is 35.1 Å². The van der Waals surface area contributed by atoms with Crippen molar-refractivity contribution in [3.63, 3.8) is 0 Å². The van der Waals surface area contributed by atoms with Crippen LogP contribution in [0.5, 0.6) is 5.75 Å². The number of likely N-dealkylation sites (tertiary alicyclic amines) is 1. The van der Waals surface area contributed by atoms with Gasteiger partial charge < -0.3 is 29.3 Å². The Morgan fingerprint density at radius 3 is 2.07 bits per heavy atom. The molecule has 2 aromatic carbocycles. The first-order valence-corrected chi connectivity index (χ1v) is 16.1. The monoisotopic (exact) mass is 633 g/mol. The first kappa shape index (κ1) is 31.3. The quantitative estimate of drug-likeness (QED) is 0.426. The van der Waals surface area contributed by atoms with Crippen molar-refractivity contribution in [2.45, 2.75) is 57.4 Å². The number of rotatable bonds is 8. The molecule has 0 radical (unpaired) electrons. The van der Waals surface area contributed by atoms with E-state index in [4.69, 9.17) is 21.1 Å². The van der Waals surface area contributed by atoms with Crippen LogP contribution in [0.3, 0.4) is 0 Å². The molecule has 2 fully saturated rings. The Labute approximate surface area is 269 Å². The minimum Gasteiger partial charge on any atom is -0.494 e. The number of aliphatic hydroxyl groups is 1. The number of aliphatic hydroxyl groups excluding tert-OH is 1. The van der Waals surface area contributed by atoms with E-state index in [0.717, 1.165) is 0 Å². The maximum Gasteiger partial charge on any atom is 0.253 e. The molecule has 9 nitrogen and oxygen atoms in total. The predicted molar refractivity (Wildman–Crippen MR) is 172 cm³/mol. The lowest BCUT2D eigenvalue weighted by Crippen LogP contribution is -2.60. The Hall–Kier alpha value is -3.66. The molecule has 1 unspecified atom stereocenters. The topological polar surface area (TPSA) is 99.6 Å².